The highest BCUT2D eigenvalue weighted by Crippen LogP contribution is 2.41. The molecule has 3 aromatic rings. The number of halogens is 1. The molecule has 1 aliphatic rings. The number of fused-ring (bicyclic) bond motifs is 1. The van der Waals surface area contributed by atoms with Gasteiger partial charge in [-0.05, 0) is 48.4 Å². The van der Waals surface area contributed by atoms with E-state index in [4.69, 9.17) is 4.74 Å². The molecule has 0 saturated carbocycles. The number of hydrogen-bond donors (Lipinski definition) is 1. The minimum atomic E-state index is -3.96. The van der Waals surface area contributed by atoms with Crippen LogP contribution in [0.15, 0.2) is 66.0 Å². The topological polar surface area (TPSA) is 81.2 Å². The van der Waals surface area contributed by atoms with Gasteiger partial charge in [0.1, 0.15) is 27.7 Å². The molecule has 2 aromatic heterocycles. The van der Waals surface area contributed by atoms with Crippen LogP contribution in [-0.2, 0) is 15.6 Å². The van der Waals surface area contributed by atoms with Crippen LogP contribution in [0, 0.1) is 12.7 Å². The molecule has 4 rings (SSSR count). The third-order valence-corrected chi connectivity index (χ3v) is 6.31. The third-order valence-electron chi connectivity index (χ3n) is 4.83. The third kappa shape index (κ3) is 3.14. The molecule has 8 heteroatoms. The van der Waals surface area contributed by atoms with Crippen molar-refractivity contribution in [1.29, 1.82) is 0 Å². The highest BCUT2D eigenvalue weighted by molar-refractivity contribution is 7.89. The lowest BCUT2D eigenvalue weighted by Gasteiger charge is -2.38. The maximum Gasteiger partial charge on any atom is 0.243 e. The summed E-state index contributed by atoms with van der Waals surface area (Å²) < 4.78 is 49.1. The van der Waals surface area contributed by atoms with Gasteiger partial charge >= 0.3 is 0 Å². The van der Waals surface area contributed by atoms with E-state index in [1.165, 1.54) is 24.5 Å². The zero-order chi connectivity index (χ0) is 19.8. The largest absolute Gasteiger partial charge is 0.491 e. The Bertz CT molecular complexity index is 1120. The Kier molecular flexibility index (Phi) is 4.60. The molecule has 6 nitrogen and oxygen atoms in total. The number of rotatable bonds is 4. The van der Waals surface area contributed by atoms with E-state index in [0.29, 0.717) is 22.6 Å². The van der Waals surface area contributed by atoms with Crippen molar-refractivity contribution in [3.05, 3.63) is 83.7 Å². The van der Waals surface area contributed by atoms with Gasteiger partial charge in [-0.3, -0.25) is 9.97 Å². The lowest BCUT2D eigenvalue weighted by molar-refractivity contribution is 0.221. The first-order valence-corrected chi connectivity index (χ1v) is 10.2. The Morgan fingerprint density at radius 1 is 1.18 bits per heavy atom. The summed E-state index contributed by atoms with van der Waals surface area (Å²) in [4.78, 5) is 8.30. The Balaban J connectivity index is 1.92. The van der Waals surface area contributed by atoms with Crippen molar-refractivity contribution in [1.82, 2.24) is 14.7 Å². The van der Waals surface area contributed by atoms with Crippen molar-refractivity contribution in [2.45, 2.75) is 23.8 Å². The number of nitrogens with zero attached hydrogens (tertiary/aromatic N) is 2. The van der Waals surface area contributed by atoms with Crippen molar-refractivity contribution in [2.75, 3.05) is 6.61 Å². The van der Waals surface area contributed by atoms with Crippen molar-refractivity contribution < 1.29 is 17.5 Å². The molecule has 1 aromatic carbocycles. The molecule has 144 valence electrons. The highest BCUT2D eigenvalue weighted by atomic mass is 32.2. The number of nitrogens with one attached hydrogen (secondary N) is 1. The van der Waals surface area contributed by atoms with Crippen LogP contribution >= 0.6 is 0 Å². The number of hydrogen-bond acceptors (Lipinski definition) is 5. The second kappa shape index (κ2) is 6.96. The van der Waals surface area contributed by atoms with Gasteiger partial charge in [-0.1, -0.05) is 12.1 Å². The van der Waals surface area contributed by atoms with Crippen LogP contribution in [0.2, 0.25) is 0 Å². The van der Waals surface area contributed by atoms with Crippen LogP contribution in [-0.4, -0.2) is 25.0 Å². The van der Waals surface area contributed by atoms with Gasteiger partial charge in [-0.15, -0.1) is 0 Å². The molecular formula is C20H18FN3O3S. The Labute approximate surface area is 162 Å². The van der Waals surface area contributed by atoms with E-state index in [2.05, 4.69) is 14.7 Å². The fourth-order valence-corrected chi connectivity index (χ4v) is 4.70. The number of sulfonamides is 1. The zero-order valence-electron chi connectivity index (χ0n) is 15.1. The van der Waals surface area contributed by atoms with E-state index in [1.807, 2.05) is 0 Å². The molecule has 0 amide bonds. The standard InChI is InChI=1S/C20H18FN3O3S/c1-14-6-7-15(12-17(14)21)20(8-11-27-18-5-3-10-23-19(18)20)24-28(25,26)16-4-2-9-22-13-16/h2-7,9-10,12-13,24H,8,11H2,1H3/t20-/m0/s1. The first-order chi connectivity index (χ1) is 13.4. The van der Waals surface area contributed by atoms with E-state index in [9.17, 15) is 12.8 Å². The van der Waals surface area contributed by atoms with Gasteiger partial charge in [0, 0.05) is 25.0 Å². The second-order valence-corrected chi connectivity index (χ2v) is 8.29. The van der Waals surface area contributed by atoms with E-state index in [1.54, 1.807) is 43.5 Å². The van der Waals surface area contributed by atoms with Crippen molar-refractivity contribution in [3.8, 4) is 5.75 Å². The molecule has 3 heterocycles. The van der Waals surface area contributed by atoms with Crippen LogP contribution in [0.3, 0.4) is 0 Å². The van der Waals surface area contributed by atoms with Crippen LogP contribution in [0.5, 0.6) is 5.75 Å². The molecular weight excluding hydrogens is 381 g/mol. The minimum Gasteiger partial charge on any atom is -0.491 e. The minimum absolute atomic E-state index is 0.0194. The number of benzene rings is 1. The van der Waals surface area contributed by atoms with Gasteiger partial charge < -0.3 is 4.74 Å². The lowest BCUT2D eigenvalue weighted by Crippen LogP contribution is -2.50. The Hall–Kier alpha value is -2.84. The van der Waals surface area contributed by atoms with Gasteiger partial charge in [-0.25, -0.2) is 12.8 Å². The normalized spacial score (nSPS) is 18.9. The predicted octanol–water partition coefficient (Wildman–Crippen LogP) is 2.93. The van der Waals surface area contributed by atoms with Gasteiger partial charge in [0.25, 0.3) is 0 Å². The molecule has 0 aliphatic carbocycles. The van der Waals surface area contributed by atoms with Crippen LogP contribution in [0.4, 0.5) is 4.39 Å². The lowest BCUT2D eigenvalue weighted by atomic mass is 9.82. The smallest absolute Gasteiger partial charge is 0.243 e. The summed E-state index contributed by atoms with van der Waals surface area (Å²) in [5.74, 6) is 0.0463. The molecule has 1 N–H and O–H groups in total. The van der Waals surface area contributed by atoms with Gasteiger partial charge in [0.2, 0.25) is 10.0 Å². The summed E-state index contributed by atoms with van der Waals surface area (Å²) in [5.41, 5.74) is 0.0727. The first-order valence-electron chi connectivity index (χ1n) is 8.71. The summed E-state index contributed by atoms with van der Waals surface area (Å²) in [6.07, 6.45) is 4.59. The fraction of sp³-hybridized carbons (Fsp3) is 0.200. The molecule has 0 bridgehead atoms. The highest BCUT2D eigenvalue weighted by Gasteiger charge is 2.44. The maximum atomic E-state index is 14.4. The number of aromatic nitrogens is 2. The molecule has 28 heavy (non-hydrogen) atoms. The van der Waals surface area contributed by atoms with E-state index < -0.39 is 21.4 Å². The van der Waals surface area contributed by atoms with E-state index in [0.717, 1.165) is 0 Å². The summed E-state index contributed by atoms with van der Waals surface area (Å²) in [6, 6.07) is 11.1. The number of pyridine rings is 2. The summed E-state index contributed by atoms with van der Waals surface area (Å²) >= 11 is 0. The zero-order valence-corrected chi connectivity index (χ0v) is 15.9. The molecule has 1 aliphatic heterocycles. The Morgan fingerprint density at radius 3 is 2.75 bits per heavy atom. The SMILES string of the molecule is Cc1ccc([C@@]2(NS(=O)(=O)c3cccnc3)CCOc3cccnc32)cc1F. The summed E-state index contributed by atoms with van der Waals surface area (Å²) in [7, 11) is -3.96. The summed E-state index contributed by atoms with van der Waals surface area (Å²) in [5, 5.41) is 0. The number of ether oxygens (including phenoxy) is 1. The van der Waals surface area contributed by atoms with Gasteiger partial charge in [0.05, 0.1) is 6.61 Å². The van der Waals surface area contributed by atoms with Crippen LogP contribution in [0.1, 0.15) is 23.2 Å². The molecule has 0 fully saturated rings. The molecule has 0 saturated heterocycles. The molecule has 0 spiro atoms. The second-order valence-electron chi connectivity index (χ2n) is 6.61. The summed E-state index contributed by atoms with van der Waals surface area (Å²) in [6.45, 7) is 1.91. The maximum absolute atomic E-state index is 14.4. The molecule has 1 atom stereocenters. The number of aryl methyl sites for hydroxylation is 1. The molecule has 0 unspecified atom stereocenters. The van der Waals surface area contributed by atoms with E-state index >= 15 is 0 Å². The quantitative estimate of drug-likeness (QED) is 0.730. The average molecular weight is 399 g/mol. The Morgan fingerprint density at radius 2 is 2.00 bits per heavy atom. The first kappa shape index (κ1) is 18.5. The van der Waals surface area contributed by atoms with Crippen molar-refractivity contribution in [2.24, 2.45) is 0 Å². The van der Waals surface area contributed by atoms with Crippen molar-refractivity contribution in [3.63, 3.8) is 0 Å². The predicted molar refractivity (Wildman–Crippen MR) is 101 cm³/mol. The van der Waals surface area contributed by atoms with Crippen LogP contribution in [0.25, 0.3) is 0 Å². The van der Waals surface area contributed by atoms with Gasteiger partial charge in [0.15, 0.2) is 0 Å². The van der Waals surface area contributed by atoms with Gasteiger partial charge in [-0.2, -0.15) is 4.72 Å². The van der Waals surface area contributed by atoms with Crippen LogP contribution < -0.4 is 9.46 Å². The fourth-order valence-electron chi connectivity index (χ4n) is 3.35. The molecule has 0 radical (unpaired) electrons. The monoisotopic (exact) mass is 399 g/mol. The van der Waals surface area contributed by atoms with E-state index in [-0.39, 0.29) is 17.9 Å². The average Bonchev–Trinajstić information content (AvgIpc) is 2.71. The van der Waals surface area contributed by atoms with Crippen molar-refractivity contribution >= 4 is 10.0 Å².